The maximum atomic E-state index is 14.0. The highest BCUT2D eigenvalue weighted by Crippen LogP contribution is 2.45. The summed E-state index contributed by atoms with van der Waals surface area (Å²) in [7, 11) is -2.46. The van der Waals surface area contributed by atoms with Crippen LogP contribution in [0.15, 0.2) is 36.7 Å². The van der Waals surface area contributed by atoms with Gasteiger partial charge in [-0.25, -0.2) is 4.39 Å². The third kappa shape index (κ3) is 3.33. The van der Waals surface area contributed by atoms with E-state index in [-0.39, 0.29) is 5.82 Å². The van der Waals surface area contributed by atoms with Gasteiger partial charge in [-0.3, -0.25) is 4.98 Å². The first kappa shape index (κ1) is 15.7. The molecule has 0 aliphatic rings. The van der Waals surface area contributed by atoms with Gasteiger partial charge in [0.1, 0.15) is 13.0 Å². The molecule has 1 heterocycles. The van der Waals surface area contributed by atoms with Crippen LogP contribution in [0.4, 0.5) is 15.8 Å². The molecule has 2 rings (SSSR count). The smallest absolute Gasteiger partial charge is 0.146 e. The Hall–Kier alpha value is -1.67. The fourth-order valence-corrected chi connectivity index (χ4v) is 4.29. The van der Waals surface area contributed by atoms with E-state index in [4.69, 9.17) is 0 Å². The Balaban J connectivity index is 2.44. The quantitative estimate of drug-likeness (QED) is 0.837. The number of pyridine rings is 1. The van der Waals surface area contributed by atoms with Crippen molar-refractivity contribution in [2.45, 2.75) is 20.8 Å². The van der Waals surface area contributed by atoms with E-state index >= 15 is 0 Å². The van der Waals surface area contributed by atoms with Gasteiger partial charge in [-0.1, -0.05) is 19.9 Å². The van der Waals surface area contributed by atoms with Gasteiger partial charge in [0.05, 0.1) is 17.6 Å². The average Bonchev–Trinajstić information content (AvgIpc) is 2.50. The fourth-order valence-electron chi connectivity index (χ4n) is 2.27. The molecule has 5 heteroatoms. The molecule has 0 saturated heterocycles. The van der Waals surface area contributed by atoms with E-state index in [1.807, 2.05) is 26.8 Å². The van der Waals surface area contributed by atoms with Crippen molar-refractivity contribution in [3.63, 3.8) is 0 Å². The zero-order chi connectivity index (χ0) is 15.5. The minimum Gasteiger partial charge on any atom is -0.351 e. The van der Waals surface area contributed by atoms with Gasteiger partial charge in [-0.05, 0) is 30.7 Å². The number of rotatable bonds is 5. The Morgan fingerprint density at radius 1 is 1.19 bits per heavy atom. The van der Waals surface area contributed by atoms with E-state index in [1.54, 1.807) is 24.5 Å². The van der Waals surface area contributed by atoms with Gasteiger partial charge in [0, 0.05) is 23.8 Å². The standard InChI is InChI=1S/C16H20FN2OP/c1-4-21(20,5-2)16-8-9-18-11-15(16)19-14-7-6-12(3)10-13(14)17/h6-11,19H,4-5H2,1-3H3. The van der Waals surface area contributed by atoms with Crippen molar-refractivity contribution in [2.75, 3.05) is 17.6 Å². The van der Waals surface area contributed by atoms with Crippen molar-refractivity contribution in [2.24, 2.45) is 0 Å². The van der Waals surface area contributed by atoms with Crippen molar-refractivity contribution in [1.29, 1.82) is 0 Å². The van der Waals surface area contributed by atoms with Crippen molar-refractivity contribution < 1.29 is 8.96 Å². The number of anilines is 2. The van der Waals surface area contributed by atoms with Crippen LogP contribution in [0, 0.1) is 12.7 Å². The summed E-state index contributed by atoms with van der Waals surface area (Å²) in [5.41, 5.74) is 1.85. The Bertz CT molecular complexity index is 680. The molecule has 0 aliphatic heterocycles. The largest absolute Gasteiger partial charge is 0.351 e. The molecule has 0 spiro atoms. The second-order valence-corrected chi connectivity index (χ2v) is 8.55. The van der Waals surface area contributed by atoms with Crippen LogP contribution >= 0.6 is 7.14 Å². The van der Waals surface area contributed by atoms with E-state index in [9.17, 15) is 8.96 Å². The number of nitrogens with one attached hydrogen (secondary N) is 1. The highest BCUT2D eigenvalue weighted by molar-refractivity contribution is 7.71. The van der Waals surface area contributed by atoms with Crippen LogP contribution in [0.25, 0.3) is 0 Å². The van der Waals surface area contributed by atoms with Crippen molar-refractivity contribution in [1.82, 2.24) is 4.98 Å². The lowest BCUT2D eigenvalue weighted by Crippen LogP contribution is -2.14. The van der Waals surface area contributed by atoms with Gasteiger partial charge >= 0.3 is 0 Å². The summed E-state index contributed by atoms with van der Waals surface area (Å²) in [4.78, 5) is 4.06. The number of aryl methyl sites for hydroxylation is 1. The van der Waals surface area contributed by atoms with Crippen molar-refractivity contribution in [3.8, 4) is 0 Å². The average molecular weight is 306 g/mol. The van der Waals surface area contributed by atoms with Crippen LogP contribution in [0.1, 0.15) is 19.4 Å². The lowest BCUT2D eigenvalue weighted by molar-refractivity contribution is 0.582. The number of hydrogen-bond acceptors (Lipinski definition) is 3. The summed E-state index contributed by atoms with van der Waals surface area (Å²) in [5.74, 6) is -0.326. The van der Waals surface area contributed by atoms with Gasteiger partial charge in [0.2, 0.25) is 0 Å². The van der Waals surface area contributed by atoms with Gasteiger partial charge < -0.3 is 9.88 Å². The fraction of sp³-hybridized carbons (Fsp3) is 0.312. The first-order valence-corrected chi connectivity index (χ1v) is 9.13. The minimum absolute atomic E-state index is 0.326. The van der Waals surface area contributed by atoms with Crippen LogP contribution in [0.3, 0.4) is 0 Å². The molecule has 1 N–H and O–H groups in total. The number of halogens is 1. The van der Waals surface area contributed by atoms with Gasteiger partial charge in [-0.2, -0.15) is 0 Å². The van der Waals surface area contributed by atoms with Crippen molar-refractivity contribution in [3.05, 3.63) is 48.0 Å². The molecule has 0 saturated carbocycles. The van der Waals surface area contributed by atoms with Crippen LogP contribution < -0.4 is 10.6 Å². The molecule has 0 fully saturated rings. The maximum absolute atomic E-state index is 14.0. The highest BCUT2D eigenvalue weighted by Gasteiger charge is 2.23. The van der Waals surface area contributed by atoms with Crippen LogP contribution in [0.2, 0.25) is 0 Å². The second-order valence-electron chi connectivity index (χ2n) is 5.02. The number of aromatic nitrogens is 1. The molecule has 0 unspecified atom stereocenters. The topological polar surface area (TPSA) is 42.0 Å². The molecule has 21 heavy (non-hydrogen) atoms. The molecule has 0 radical (unpaired) electrons. The minimum atomic E-state index is -2.46. The zero-order valence-corrected chi connectivity index (χ0v) is 13.5. The third-order valence-corrected chi connectivity index (χ3v) is 6.96. The number of benzene rings is 1. The summed E-state index contributed by atoms with van der Waals surface area (Å²) >= 11 is 0. The Morgan fingerprint density at radius 2 is 1.90 bits per heavy atom. The molecule has 0 aliphatic carbocycles. The van der Waals surface area contributed by atoms with Crippen LogP contribution in [-0.2, 0) is 4.57 Å². The summed E-state index contributed by atoms with van der Waals surface area (Å²) in [6.45, 7) is 5.67. The van der Waals surface area contributed by atoms with Gasteiger partial charge in [-0.15, -0.1) is 0 Å². The highest BCUT2D eigenvalue weighted by atomic mass is 31.2. The molecule has 1 aromatic carbocycles. The third-order valence-electron chi connectivity index (χ3n) is 3.65. The summed E-state index contributed by atoms with van der Waals surface area (Å²) in [5, 5.41) is 3.77. The Labute approximate surface area is 125 Å². The normalized spacial score (nSPS) is 11.4. The number of nitrogens with zero attached hydrogens (tertiary/aromatic N) is 1. The van der Waals surface area contributed by atoms with Crippen LogP contribution in [-0.4, -0.2) is 17.3 Å². The zero-order valence-electron chi connectivity index (χ0n) is 12.6. The van der Waals surface area contributed by atoms with E-state index in [1.165, 1.54) is 6.07 Å². The van der Waals surface area contributed by atoms with E-state index < -0.39 is 7.14 Å². The lowest BCUT2D eigenvalue weighted by atomic mass is 10.2. The summed E-state index contributed by atoms with van der Waals surface area (Å²) in [6, 6.07) is 6.75. The molecular weight excluding hydrogens is 286 g/mol. The van der Waals surface area contributed by atoms with Gasteiger partial charge in [0.25, 0.3) is 0 Å². The molecule has 2 aromatic rings. The molecule has 0 amide bonds. The molecule has 0 bridgehead atoms. The SMILES string of the molecule is CCP(=O)(CC)c1ccncc1Nc1ccc(C)cc1F. The predicted molar refractivity (Wildman–Crippen MR) is 87.0 cm³/mol. The molecule has 3 nitrogen and oxygen atoms in total. The summed E-state index contributed by atoms with van der Waals surface area (Å²) in [6.07, 6.45) is 4.40. The second kappa shape index (κ2) is 6.40. The van der Waals surface area contributed by atoms with Crippen molar-refractivity contribution >= 4 is 23.8 Å². The molecule has 0 atom stereocenters. The molecule has 1 aromatic heterocycles. The van der Waals surface area contributed by atoms with E-state index in [0.717, 1.165) is 10.9 Å². The first-order valence-electron chi connectivity index (χ1n) is 7.06. The van der Waals surface area contributed by atoms with E-state index in [0.29, 0.717) is 23.7 Å². The monoisotopic (exact) mass is 306 g/mol. The lowest BCUT2D eigenvalue weighted by Gasteiger charge is -2.19. The summed E-state index contributed by atoms with van der Waals surface area (Å²) < 4.78 is 26.9. The molecule has 112 valence electrons. The Morgan fingerprint density at radius 3 is 2.52 bits per heavy atom. The van der Waals surface area contributed by atoms with Gasteiger partial charge in [0.15, 0.2) is 0 Å². The Kier molecular flexibility index (Phi) is 4.79. The van der Waals surface area contributed by atoms with E-state index in [2.05, 4.69) is 10.3 Å². The predicted octanol–water partition coefficient (Wildman–Crippen LogP) is 4.30. The molecular formula is C16H20FN2OP. The number of hydrogen-bond donors (Lipinski definition) is 1. The maximum Gasteiger partial charge on any atom is 0.146 e. The van der Waals surface area contributed by atoms with Crippen LogP contribution in [0.5, 0.6) is 0 Å². The first-order chi connectivity index (χ1) is 10.00.